The van der Waals surface area contributed by atoms with E-state index in [0.29, 0.717) is 26.1 Å². The van der Waals surface area contributed by atoms with Gasteiger partial charge in [-0.25, -0.2) is 0 Å². The number of hydrogen-bond donors (Lipinski definition) is 2. The molecule has 1 aliphatic heterocycles. The van der Waals surface area contributed by atoms with Crippen molar-refractivity contribution >= 4 is 41.8 Å². The second-order valence-corrected chi connectivity index (χ2v) is 7.72. The fourth-order valence-electron chi connectivity index (χ4n) is 4.70. The Kier molecular flexibility index (Phi) is 6.47. The first-order valence-corrected chi connectivity index (χ1v) is 9.67. The highest BCUT2D eigenvalue weighted by Crippen LogP contribution is 2.52. The number of nitrogens with zero attached hydrogens (tertiary/aromatic N) is 3. The van der Waals surface area contributed by atoms with Gasteiger partial charge < -0.3 is 15.2 Å². The third-order valence-corrected chi connectivity index (χ3v) is 5.99. The molecule has 2 heterocycles. The number of likely N-dealkylation sites (tertiary alicyclic amines) is 1. The smallest absolute Gasteiger partial charge is 0.233 e. The number of nitrogens with one attached hydrogen (secondary N) is 2. The minimum Gasteiger partial charge on any atom is -0.357 e. The number of halogens is 1. The molecule has 8 heteroatoms. The van der Waals surface area contributed by atoms with E-state index < -0.39 is 0 Å². The number of amides is 2. The molecule has 3 aliphatic rings. The highest BCUT2D eigenvalue weighted by atomic mass is 127. The molecule has 4 atom stereocenters. The quantitative estimate of drug-likeness (QED) is 0.156. The van der Waals surface area contributed by atoms with Gasteiger partial charge >= 0.3 is 0 Å². The number of rotatable bonds is 6. The first-order valence-electron chi connectivity index (χ1n) is 9.67. The molecule has 28 heavy (non-hydrogen) atoms. The van der Waals surface area contributed by atoms with Crippen LogP contribution < -0.4 is 10.6 Å². The normalized spacial score (nSPS) is 27.9. The topological polar surface area (TPSA) is 78.7 Å². The van der Waals surface area contributed by atoms with Gasteiger partial charge in [-0.05, 0) is 36.3 Å². The number of aliphatic imine (C=N–C) groups is 1. The molecule has 1 saturated heterocycles. The number of aromatic nitrogens is 1. The summed E-state index contributed by atoms with van der Waals surface area (Å²) in [5.41, 5.74) is 1.18. The minimum absolute atomic E-state index is 0. The summed E-state index contributed by atoms with van der Waals surface area (Å²) in [6.45, 7) is 1.83. The lowest BCUT2D eigenvalue weighted by Crippen LogP contribution is -2.39. The molecular formula is C20H28IN5O2. The van der Waals surface area contributed by atoms with Gasteiger partial charge in [-0.1, -0.05) is 12.2 Å². The Bertz CT molecular complexity index is 772. The SMILES string of the molecule is CN=C(NCCCN1C(=O)C2C3C=CC(C3)C2C1=O)NCc1ccn(C)c1.I. The van der Waals surface area contributed by atoms with Crippen molar-refractivity contribution in [3.63, 3.8) is 0 Å². The molecule has 0 spiro atoms. The monoisotopic (exact) mass is 497 g/mol. The number of imide groups is 1. The average molecular weight is 497 g/mol. The number of hydrogen-bond acceptors (Lipinski definition) is 3. The van der Waals surface area contributed by atoms with E-state index >= 15 is 0 Å². The molecule has 152 valence electrons. The van der Waals surface area contributed by atoms with E-state index in [4.69, 9.17) is 0 Å². The summed E-state index contributed by atoms with van der Waals surface area (Å²) >= 11 is 0. The van der Waals surface area contributed by atoms with E-state index in [-0.39, 0.29) is 59.5 Å². The van der Waals surface area contributed by atoms with Crippen molar-refractivity contribution in [3.8, 4) is 0 Å². The molecule has 7 nitrogen and oxygen atoms in total. The van der Waals surface area contributed by atoms with E-state index in [1.807, 2.05) is 17.8 Å². The third kappa shape index (κ3) is 3.83. The molecule has 2 amide bonds. The zero-order valence-electron chi connectivity index (χ0n) is 16.3. The van der Waals surface area contributed by atoms with Crippen molar-refractivity contribution in [1.82, 2.24) is 20.1 Å². The van der Waals surface area contributed by atoms with Gasteiger partial charge in [0.05, 0.1) is 11.8 Å². The number of allylic oxidation sites excluding steroid dienone is 2. The first-order chi connectivity index (χ1) is 13.1. The predicted octanol–water partition coefficient (Wildman–Crippen LogP) is 1.51. The Morgan fingerprint density at radius 2 is 1.86 bits per heavy atom. The first kappa shape index (κ1) is 20.9. The standard InChI is InChI=1S/C20H27N5O2.HI/c1-21-20(23-11-13-6-9-24(2)12-13)22-7-3-8-25-18(26)16-14-4-5-15(10-14)17(16)19(25)27;/h4-6,9,12,14-17H,3,7-8,10-11H2,1-2H3,(H2,21,22,23);1H. The van der Waals surface area contributed by atoms with Gasteiger partial charge in [-0.2, -0.15) is 0 Å². The largest absolute Gasteiger partial charge is 0.357 e. The fraction of sp³-hybridized carbons (Fsp3) is 0.550. The number of fused-ring (bicyclic) bond motifs is 5. The summed E-state index contributed by atoms with van der Waals surface area (Å²) in [6.07, 6.45) is 10.0. The van der Waals surface area contributed by atoms with Crippen LogP contribution in [0.15, 0.2) is 35.6 Å². The molecule has 1 aromatic rings. The van der Waals surface area contributed by atoms with Crippen LogP contribution in [0.25, 0.3) is 0 Å². The Balaban J connectivity index is 0.00000225. The van der Waals surface area contributed by atoms with Crippen molar-refractivity contribution in [2.45, 2.75) is 19.4 Å². The summed E-state index contributed by atoms with van der Waals surface area (Å²) in [5.74, 6) is 1.15. The van der Waals surface area contributed by atoms with Crippen LogP contribution in [0.5, 0.6) is 0 Å². The van der Waals surface area contributed by atoms with Gasteiger partial charge in [0.1, 0.15) is 0 Å². The summed E-state index contributed by atoms with van der Waals surface area (Å²) in [5, 5.41) is 6.52. The maximum Gasteiger partial charge on any atom is 0.233 e. The Morgan fingerprint density at radius 3 is 2.43 bits per heavy atom. The average Bonchev–Trinajstić information content (AvgIpc) is 3.42. The van der Waals surface area contributed by atoms with Crippen molar-refractivity contribution < 1.29 is 9.59 Å². The Hall–Kier alpha value is -1.84. The second-order valence-electron chi connectivity index (χ2n) is 7.72. The number of aryl methyl sites for hydroxylation is 1. The third-order valence-electron chi connectivity index (χ3n) is 5.99. The van der Waals surface area contributed by atoms with Crippen LogP contribution in [0.3, 0.4) is 0 Å². The van der Waals surface area contributed by atoms with Gasteiger partial charge in [0.25, 0.3) is 0 Å². The highest BCUT2D eigenvalue weighted by molar-refractivity contribution is 14.0. The Morgan fingerprint density at radius 1 is 1.18 bits per heavy atom. The number of carbonyl (C=O) groups excluding carboxylic acids is 2. The van der Waals surface area contributed by atoms with Crippen LogP contribution in [0.2, 0.25) is 0 Å². The lowest BCUT2D eigenvalue weighted by atomic mass is 9.85. The van der Waals surface area contributed by atoms with Crippen LogP contribution in [0.1, 0.15) is 18.4 Å². The molecule has 0 aromatic carbocycles. The zero-order valence-corrected chi connectivity index (χ0v) is 18.6. The molecule has 4 unspecified atom stereocenters. The molecule has 2 N–H and O–H groups in total. The summed E-state index contributed by atoms with van der Waals surface area (Å²) < 4.78 is 2.01. The molecule has 2 aliphatic carbocycles. The van der Waals surface area contributed by atoms with Crippen LogP contribution in [-0.4, -0.2) is 47.4 Å². The highest BCUT2D eigenvalue weighted by Gasteiger charge is 2.58. The summed E-state index contributed by atoms with van der Waals surface area (Å²) in [4.78, 5) is 31.0. The van der Waals surface area contributed by atoms with Gasteiger partial charge in [0.15, 0.2) is 5.96 Å². The van der Waals surface area contributed by atoms with Crippen LogP contribution in [-0.2, 0) is 23.2 Å². The van der Waals surface area contributed by atoms with Crippen molar-refractivity contribution in [2.24, 2.45) is 35.7 Å². The lowest BCUT2D eigenvalue weighted by molar-refractivity contribution is -0.140. The molecular weight excluding hydrogens is 469 g/mol. The summed E-state index contributed by atoms with van der Waals surface area (Å²) in [7, 11) is 3.73. The van der Waals surface area contributed by atoms with E-state index in [1.165, 1.54) is 10.5 Å². The van der Waals surface area contributed by atoms with Crippen LogP contribution in [0.4, 0.5) is 0 Å². The second kappa shape index (κ2) is 8.67. The number of carbonyl (C=O) groups is 2. The van der Waals surface area contributed by atoms with E-state index in [0.717, 1.165) is 12.4 Å². The Labute approximate surface area is 182 Å². The van der Waals surface area contributed by atoms with Gasteiger partial charge in [0, 0.05) is 46.1 Å². The maximum absolute atomic E-state index is 12.6. The van der Waals surface area contributed by atoms with Crippen molar-refractivity contribution in [3.05, 3.63) is 36.2 Å². The predicted molar refractivity (Wildman–Crippen MR) is 118 cm³/mol. The van der Waals surface area contributed by atoms with Gasteiger partial charge in [-0.3, -0.25) is 19.5 Å². The van der Waals surface area contributed by atoms with Crippen molar-refractivity contribution in [2.75, 3.05) is 20.1 Å². The van der Waals surface area contributed by atoms with Gasteiger partial charge in [0.2, 0.25) is 11.8 Å². The van der Waals surface area contributed by atoms with Gasteiger partial charge in [-0.15, -0.1) is 24.0 Å². The minimum atomic E-state index is -0.0965. The fourth-order valence-corrected chi connectivity index (χ4v) is 4.70. The molecule has 0 radical (unpaired) electrons. The molecule has 1 aromatic heterocycles. The lowest BCUT2D eigenvalue weighted by Gasteiger charge is -2.18. The molecule has 2 bridgehead atoms. The number of guanidine groups is 1. The maximum atomic E-state index is 12.6. The molecule has 1 saturated carbocycles. The molecule has 4 rings (SSSR count). The van der Waals surface area contributed by atoms with Crippen LogP contribution >= 0.6 is 24.0 Å². The van der Waals surface area contributed by atoms with E-state index in [1.54, 1.807) is 7.05 Å². The zero-order chi connectivity index (χ0) is 19.0. The van der Waals surface area contributed by atoms with E-state index in [9.17, 15) is 9.59 Å². The van der Waals surface area contributed by atoms with Crippen molar-refractivity contribution in [1.29, 1.82) is 0 Å². The summed E-state index contributed by atoms with van der Waals surface area (Å²) in [6, 6.07) is 2.06. The van der Waals surface area contributed by atoms with E-state index in [2.05, 4.69) is 40.0 Å². The molecule has 2 fully saturated rings. The van der Waals surface area contributed by atoms with Crippen LogP contribution in [0, 0.1) is 23.7 Å².